The van der Waals surface area contributed by atoms with Crippen LogP contribution >= 0.6 is 0 Å². The molecule has 0 saturated heterocycles. The van der Waals surface area contributed by atoms with Crippen LogP contribution in [0.3, 0.4) is 0 Å². The second-order valence-corrected chi connectivity index (χ2v) is 5.71. The number of ether oxygens (including phenoxy) is 3. The molecule has 144 valence electrons. The molecular weight excluding hydrogens is 360 g/mol. The minimum absolute atomic E-state index is 0.0298. The number of carbonyl (C=O) groups is 2. The molecule has 0 fully saturated rings. The average molecular weight is 380 g/mol. The summed E-state index contributed by atoms with van der Waals surface area (Å²) >= 11 is 0. The maximum absolute atomic E-state index is 12.0. The standard InChI is InChI=1S/C21H20N2O5/c1-15-3-9-19(26-2)18(13-15)23-20(24)14-28-21(25)10-6-16-4-7-17(8-5-16)27-12-11-22/h3-10,13H,12,14H2,1-2H3,(H,23,24)/b10-6+. The van der Waals surface area contributed by atoms with Gasteiger partial charge in [-0.2, -0.15) is 5.26 Å². The van der Waals surface area contributed by atoms with Gasteiger partial charge in [0.05, 0.1) is 12.8 Å². The zero-order chi connectivity index (χ0) is 20.4. The summed E-state index contributed by atoms with van der Waals surface area (Å²) < 4.78 is 15.3. The van der Waals surface area contributed by atoms with Crippen LogP contribution in [0, 0.1) is 18.3 Å². The number of amides is 1. The molecule has 0 spiro atoms. The fraction of sp³-hybridized carbons (Fsp3) is 0.190. The molecule has 0 radical (unpaired) electrons. The summed E-state index contributed by atoms with van der Waals surface area (Å²) in [7, 11) is 1.51. The van der Waals surface area contributed by atoms with Crippen LogP contribution in [0.5, 0.6) is 11.5 Å². The third kappa shape index (κ3) is 6.50. The third-order valence-electron chi connectivity index (χ3n) is 3.57. The lowest BCUT2D eigenvalue weighted by molar-refractivity contribution is -0.142. The molecule has 0 bridgehead atoms. The molecular formula is C21H20N2O5. The van der Waals surface area contributed by atoms with E-state index < -0.39 is 18.5 Å². The summed E-state index contributed by atoms with van der Waals surface area (Å²) in [6, 6.07) is 14.1. The summed E-state index contributed by atoms with van der Waals surface area (Å²) in [5, 5.41) is 11.1. The molecule has 0 aliphatic heterocycles. The van der Waals surface area contributed by atoms with Gasteiger partial charge in [-0.1, -0.05) is 18.2 Å². The Morgan fingerprint density at radius 3 is 2.61 bits per heavy atom. The predicted molar refractivity (Wildman–Crippen MR) is 104 cm³/mol. The van der Waals surface area contributed by atoms with E-state index in [9.17, 15) is 9.59 Å². The minimum Gasteiger partial charge on any atom is -0.495 e. The molecule has 2 aromatic carbocycles. The van der Waals surface area contributed by atoms with Crippen LogP contribution in [-0.4, -0.2) is 32.2 Å². The van der Waals surface area contributed by atoms with E-state index in [1.807, 2.05) is 19.1 Å². The van der Waals surface area contributed by atoms with Gasteiger partial charge in [0.25, 0.3) is 5.91 Å². The van der Waals surface area contributed by atoms with Crippen molar-refractivity contribution in [2.75, 3.05) is 25.6 Å². The number of anilines is 1. The number of esters is 1. The van der Waals surface area contributed by atoms with E-state index in [1.54, 1.807) is 42.5 Å². The van der Waals surface area contributed by atoms with Crippen molar-refractivity contribution in [1.82, 2.24) is 0 Å². The van der Waals surface area contributed by atoms with E-state index in [0.717, 1.165) is 11.1 Å². The van der Waals surface area contributed by atoms with Gasteiger partial charge in [-0.3, -0.25) is 4.79 Å². The molecule has 1 amide bonds. The van der Waals surface area contributed by atoms with E-state index in [0.29, 0.717) is 17.2 Å². The molecule has 0 unspecified atom stereocenters. The first kappa shape index (κ1) is 20.5. The molecule has 0 aromatic heterocycles. The Morgan fingerprint density at radius 1 is 1.18 bits per heavy atom. The van der Waals surface area contributed by atoms with Gasteiger partial charge in [-0.15, -0.1) is 0 Å². The molecule has 0 aliphatic carbocycles. The van der Waals surface area contributed by atoms with Crippen molar-refractivity contribution in [3.8, 4) is 17.6 Å². The molecule has 2 rings (SSSR count). The highest BCUT2D eigenvalue weighted by atomic mass is 16.5. The number of methoxy groups -OCH3 is 1. The van der Waals surface area contributed by atoms with Crippen LogP contribution in [0.15, 0.2) is 48.5 Å². The van der Waals surface area contributed by atoms with Crippen LogP contribution in [0.25, 0.3) is 6.08 Å². The zero-order valence-electron chi connectivity index (χ0n) is 15.6. The summed E-state index contributed by atoms with van der Waals surface area (Å²) in [5.74, 6) is -0.0299. The summed E-state index contributed by atoms with van der Waals surface area (Å²) in [6.07, 6.45) is 2.78. The number of rotatable bonds is 8. The molecule has 0 aliphatic rings. The first-order valence-electron chi connectivity index (χ1n) is 8.41. The third-order valence-corrected chi connectivity index (χ3v) is 3.57. The summed E-state index contributed by atoms with van der Waals surface area (Å²) in [4.78, 5) is 23.8. The van der Waals surface area contributed by atoms with E-state index in [1.165, 1.54) is 13.2 Å². The lowest BCUT2D eigenvalue weighted by Gasteiger charge is -2.10. The Bertz CT molecular complexity index is 898. The highest BCUT2D eigenvalue weighted by molar-refractivity contribution is 5.95. The topological polar surface area (TPSA) is 97.7 Å². The van der Waals surface area contributed by atoms with Gasteiger partial charge in [0.2, 0.25) is 0 Å². The van der Waals surface area contributed by atoms with Crippen LogP contribution in [0.1, 0.15) is 11.1 Å². The summed E-state index contributed by atoms with van der Waals surface area (Å²) in [6.45, 7) is 1.45. The fourth-order valence-electron chi connectivity index (χ4n) is 2.25. The minimum atomic E-state index is -0.642. The monoisotopic (exact) mass is 380 g/mol. The zero-order valence-corrected chi connectivity index (χ0v) is 15.6. The Morgan fingerprint density at radius 2 is 1.93 bits per heavy atom. The number of hydrogen-bond donors (Lipinski definition) is 1. The lowest BCUT2D eigenvalue weighted by atomic mass is 10.2. The number of nitrogens with one attached hydrogen (secondary N) is 1. The molecule has 0 saturated carbocycles. The number of nitriles is 1. The van der Waals surface area contributed by atoms with Crippen LogP contribution in [0.4, 0.5) is 5.69 Å². The molecule has 1 N–H and O–H groups in total. The normalized spacial score (nSPS) is 10.2. The van der Waals surface area contributed by atoms with Crippen molar-refractivity contribution in [2.45, 2.75) is 6.92 Å². The molecule has 7 heteroatoms. The molecule has 7 nitrogen and oxygen atoms in total. The van der Waals surface area contributed by atoms with Crippen molar-refractivity contribution < 1.29 is 23.8 Å². The van der Waals surface area contributed by atoms with Gasteiger partial charge >= 0.3 is 5.97 Å². The van der Waals surface area contributed by atoms with Gasteiger partial charge < -0.3 is 19.5 Å². The summed E-state index contributed by atoms with van der Waals surface area (Å²) in [5.41, 5.74) is 2.22. The van der Waals surface area contributed by atoms with Crippen LogP contribution in [0.2, 0.25) is 0 Å². The van der Waals surface area contributed by atoms with Crippen molar-refractivity contribution in [3.63, 3.8) is 0 Å². The second-order valence-electron chi connectivity index (χ2n) is 5.71. The Hall–Kier alpha value is -3.79. The smallest absolute Gasteiger partial charge is 0.331 e. The first-order chi connectivity index (χ1) is 13.5. The number of benzene rings is 2. The van der Waals surface area contributed by atoms with E-state index in [-0.39, 0.29) is 6.61 Å². The molecule has 0 atom stereocenters. The molecule has 2 aromatic rings. The Balaban J connectivity index is 1.83. The number of hydrogen-bond acceptors (Lipinski definition) is 6. The Kier molecular flexibility index (Phi) is 7.61. The molecule has 0 heterocycles. The highest BCUT2D eigenvalue weighted by Crippen LogP contribution is 2.25. The van der Waals surface area contributed by atoms with Gasteiger partial charge in [0, 0.05) is 6.08 Å². The number of nitrogens with zero attached hydrogens (tertiary/aromatic N) is 1. The van der Waals surface area contributed by atoms with E-state index in [4.69, 9.17) is 19.5 Å². The Labute approximate surface area is 163 Å². The van der Waals surface area contributed by atoms with Gasteiger partial charge in [-0.05, 0) is 48.4 Å². The largest absolute Gasteiger partial charge is 0.495 e. The van der Waals surface area contributed by atoms with Crippen molar-refractivity contribution in [2.24, 2.45) is 0 Å². The quantitative estimate of drug-likeness (QED) is 0.558. The predicted octanol–water partition coefficient (Wildman–Crippen LogP) is 3.10. The van der Waals surface area contributed by atoms with Crippen molar-refractivity contribution in [1.29, 1.82) is 5.26 Å². The number of carbonyl (C=O) groups excluding carboxylic acids is 2. The maximum Gasteiger partial charge on any atom is 0.331 e. The van der Waals surface area contributed by atoms with Crippen molar-refractivity contribution in [3.05, 3.63) is 59.7 Å². The fourth-order valence-corrected chi connectivity index (χ4v) is 2.25. The average Bonchev–Trinajstić information content (AvgIpc) is 2.70. The van der Waals surface area contributed by atoms with E-state index in [2.05, 4.69) is 5.32 Å². The maximum atomic E-state index is 12.0. The lowest BCUT2D eigenvalue weighted by Crippen LogP contribution is -2.20. The van der Waals surface area contributed by atoms with Crippen molar-refractivity contribution >= 4 is 23.6 Å². The highest BCUT2D eigenvalue weighted by Gasteiger charge is 2.09. The van der Waals surface area contributed by atoms with Crippen LogP contribution < -0.4 is 14.8 Å². The van der Waals surface area contributed by atoms with Gasteiger partial charge in [0.15, 0.2) is 13.2 Å². The SMILES string of the molecule is COc1ccc(C)cc1NC(=O)COC(=O)/C=C/c1ccc(OCC#N)cc1. The molecule has 28 heavy (non-hydrogen) atoms. The van der Waals surface area contributed by atoms with Crippen LogP contribution in [-0.2, 0) is 14.3 Å². The van der Waals surface area contributed by atoms with E-state index >= 15 is 0 Å². The first-order valence-corrected chi connectivity index (χ1v) is 8.41. The number of aryl methyl sites for hydroxylation is 1. The second kappa shape index (κ2) is 10.4. The van der Waals surface area contributed by atoms with Gasteiger partial charge in [-0.25, -0.2) is 4.79 Å². The van der Waals surface area contributed by atoms with Gasteiger partial charge in [0.1, 0.15) is 17.6 Å².